The maximum atomic E-state index is 9.89. The predicted molar refractivity (Wildman–Crippen MR) is 115 cm³/mol. The zero-order chi connectivity index (χ0) is 21.8. The van der Waals surface area contributed by atoms with Gasteiger partial charge in [0.1, 0.15) is 18.2 Å². The molecule has 0 radical (unpaired) electrons. The maximum Gasteiger partial charge on any atom is 1.00 e. The Morgan fingerprint density at radius 2 is 1.07 bits per heavy atom. The Labute approximate surface area is 196 Å². The molecular weight excluding hydrogens is 390 g/mol. The summed E-state index contributed by atoms with van der Waals surface area (Å²) in [7, 11) is -2.37. The Balaban J connectivity index is -0.0000000960. The minimum atomic E-state index is -2.37. The Morgan fingerprint density at radius 1 is 0.750 bits per heavy atom. The van der Waals surface area contributed by atoms with E-state index in [0.29, 0.717) is 19.4 Å². The van der Waals surface area contributed by atoms with Crippen LogP contribution in [0.15, 0.2) is 0 Å². The quantitative estimate of drug-likeness (QED) is 0.0828. The standard InChI is InChI=1S/2C6H17N3.C5H11O3P.Na.H/c2*1-2-3-4-5-6(7,8)9;1-2-3-4-5-8-9(6)7;;/h2*2-5,7-9H2,1H3;2-5H2,1H3;;/q;;;+1;-1/p+1. The molecule has 0 aliphatic rings. The zero-order valence-electron chi connectivity index (χ0n) is 19.7. The van der Waals surface area contributed by atoms with Gasteiger partial charge in [0.05, 0.1) is 0 Å². The molecule has 0 amide bonds. The van der Waals surface area contributed by atoms with E-state index in [9.17, 15) is 4.57 Å². The second-order valence-electron chi connectivity index (χ2n) is 6.92. The van der Waals surface area contributed by atoms with Crippen LogP contribution >= 0.6 is 8.25 Å². The normalized spacial score (nSPS) is 11.4. The Bertz CT molecular complexity index is 315. The fraction of sp³-hybridized carbons (Fsp3) is 1.00. The molecule has 0 aliphatic heterocycles. The minimum Gasteiger partial charge on any atom is -1.00 e. The second kappa shape index (κ2) is 24.1. The predicted octanol–water partition coefficient (Wildman–Crippen LogP) is -0.847. The van der Waals surface area contributed by atoms with Gasteiger partial charge in [0.2, 0.25) is 0 Å². The van der Waals surface area contributed by atoms with Gasteiger partial charge in [0.25, 0.3) is 0 Å². The van der Waals surface area contributed by atoms with Crippen LogP contribution in [0.1, 0.15) is 92.8 Å². The number of hydrogen-bond acceptors (Lipinski definition) is 8. The zero-order valence-corrected chi connectivity index (χ0v) is 21.6. The molecule has 28 heavy (non-hydrogen) atoms. The fourth-order valence-corrected chi connectivity index (χ4v) is 2.14. The summed E-state index contributed by atoms with van der Waals surface area (Å²) < 4.78 is 14.3. The topological polar surface area (TPSA) is 203 Å². The SMILES string of the molecule is CCCCCC(N)(N)N.CCCCCC(N)(N)N.CCCCCO[P+](=O)O.[H-].[Na+]. The van der Waals surface area contributed by atoms with Crippen molar-refractivity contribution in [2.24, 2.45) is 34.4 Å². The van der Waals surface area contributed by atoms with Gasteiger partial charge in [-0.1, -0.05) is 59.3 Å². The van der Waals surface area contributed by atoms with Gasteiger partial charge in [0.15, 0.2) is 0 Å². The molecular formula is C17H47N6NaO3P+. The molecule has 1 atom stereocenters. The number of hydrogen-bond donors (Lipinski definition) is 7. The molecule has 0 aliphatic carbocycles. The molecule has 11 heteroatoms. The van der Waals surface area contributed by atoms with Gasteiger partial charge in [-0.25, -0.2) is 0 Å². The Hall–Kier alpha value is 0.780. The third-order valence-electron chi connectivity index (χ3n) is 3.38. The summed E-state index contributed by atoms with van der Waals surface area (Å²) in [5.74, 6) is -1.90. The third kappa shape index (κ3) is 50.5. The molecule has 0 aromatic heterocycles. The Morgan fingerprint density at radius 3 is 1.32 bits per heavy atom. The van der Waals surface area contributed by atoms with E-state index in [4.69, 9.17) is 39.3 Å². The van der Waals surface area contributed by atoms with Crippen molar-refractivity contribution in [1.29, 1.82) is 0 Å². The monoisotopic (exact) mass is 437 g/mol. The van der Waals surface area contributed by atoms with Crippen LogP contribution in [-0.2, 0) is 9.09 Å². The number of unbranched alkanes of at least 4 members (excludes halogenated alkanes) is 6. The van der Waals surface area contributed by atoms with Crippen LogP contribution in [0.3, 0.4) is 0 Å². The molecule has 0 heterocycles. The van der Waals surface area contributed by atoms with E-state index in [1.165, 1.54) is 12.8 Å². The third-order valence-corrected chi connectivity index (χ3v) is 3.78. The van der Waals surface area contributed by atoms with Gasteiger partial charge in [0, 0.05) is 4.57 Å². The van der Waals surface area contributed by atoms with Crippen LogP contribution in [0.4, 0.5) is 0 Å². The van der Waals surface area contributed by atoms with Crippen molar-refractivity contribution < 1.29 is 45.0 Å². The summed E-state index contributed by atoms with van der Waals surface area (Å²) in [6.45, 7) is 6.73. The average molecular weight is 438 g/mol. The average Bonchev–Trinajstić information content (AvgIpc) is 2.51. The number of rotatable bonds is 13. The maximum absolute atomic E-state index is 9.89. The molecule has 0 saturated carbocycles. The summed E-state index contributed by atoms with van der Waals surface area (Å²) in [6.07, 6.45) is 11.2. The van der Waals surface area contributed by atoms with Crippen LogP contribution < -0.4 is 64.0 Å². The fourth-order valence-electron chi connectivity index (χ4n) is 1.86. The molecule has 0 aromatic rings. The van der Waals surface area contributed by atoms with E-state index in [2.05, 4.69) is 25.3 Å². The van der Waals surface area contributed by atoms with Crippen molar-refractivity contribution in [2.75, 3.05) is 6.61 Å². The van der Waals surface area contributed by atoms with E-state index >= 15 is 0 Å². The van der Waals surface area contributed by atoms with E-state index in [0.717, 1.165) is 44.9 Å². The van der Waals surface area contributed by atoms with E-state index in [1.807, 2.05) is 0 Å². The summed E-state index contributed by atoms with van der Waals surface area (Å²) in [5.41, 5.74) is 32.0. The summed E-state index contributed by atoms with van der Waals surface area (Å²) in [4.78, 5) is 8.14. The van der Waals surface area contributed by atoms with Crippen molar-refractivity contribution in [3.63, 3.8) is 0 Å². The molecule has 9 nitrogen and oxygen atoms in total. The first-order chi connectivity index (χ1) is 12.4. The molecule has 13 N–H and O–H groups in total. The molecule has 0 rings (SSSR count). The van der Waals surface area contributed by atoms with Crippen molar-refractivity contribution in [2.45, 2.75) is 103 Å². The molecule has 0 saturated heterocycles. The van der Waals surface area contributed by atoms with E-state index < -0.39 is 19.8 Å². The van der Waals surface area contributed by atoms with Crippen LogP contribution in [0, 0.1) is 0 Å². The van der Waals surface area contributed by atoms with E-state index in [-0.39, 0.29) is 31.0 Å². The van der Waals surface area contributed by atoms with Crippen molar-refractivity contribution >= 4 is 8.25 Å². The van der Waals surface area contributed by atoms with Crippen LogP contribution in [0.25, 0.3) is 0 Å². The molecule has 168 valence electrons. The number of nitrogens with two attached hydrogens (primary N) is 6. The Kier molecular flexibility index (Phi) is 31.1. The first-order valence-electron chi connectivity index (χ1n) is 9.91. The molecule has 0 aromatic carbocycles. The molecule has 0 bridgehead atoms. The van der Waals surface area contributed by atoms with Gasteiger partial charge >= 0.3 is 37.8 Å². The molecule has 0 spiro atoms. The van der Waals surface area contributed by atoms with Gasteiger partial charge in [-0.2, -0.15) is 0 Å². The van der Waals surface area contributed by atoms with Gasteiger partial charge in [-0.05, 0) is 32.1 Å². The van der Waals surface area contributed by atoms with Crippen LogP contribution in [0.5, 0.6) is 0 Å². The second-order valence-corrected chi connectivity index (χ2v) is 7.65. The van der Waals surface area contributed by atoms with Gasteiger partial charge in [-0.3, -0.25) is 0 Å². The van der Waals surface area contributed by atoms with Gasteiger partial charge in [-0.15, -0.1) is 9.42 Å². The van der Waals surface area contributed by atoms with Crippen LogP contribution in [0.2, 0.25) is 0 Å². The van der Waals surface area contributed by atoms with Gasteiger partial charge < -0.3 is 35.8 Å². The largest absolute Gasteiger partial charge is 1.00 e. The van der Waals surface area contributed by atoms with Crippen molar-refractivity contribution in [3.05, 3.63) is 0 Å². The smallest absolute Gasteiger partial charge is 1.00 e. The minimum absolute atomic E-state index is 0. The van der Waals surface area contributed by atoms with Crippen molar-refractivity contribution in [1.82, 2.24) is 0 Å². The first-order valence-corrected chi connectivity index (χ1v) is 11.0. The summed E-state index contributed by atoms with van der Waals surface area (Å²) >= 11 is 0. The molecule has 0 fully saturated rings. The molecule has 1 unspecified atom stereocenters. The van der Waals surface area contributed by atoms with Crippen LogP contribution in [-0.4, -0.2) is 23.1 Å². The van der Waals surface area contributed by atoms with Crippen molar-refractivity contribution in [3.8, 4) is 0 Å². The summed E-state index contributed by atoms with van der Waals surface area (Å²) in [6, 6.07) is 0. The summed E-state index contributed by atoms with van der Waals surface area (Å²) in [5, 5.41) is 0. The van der Waals surface area contributed by atoms with E-state index in [1.54, 1.807) is 0 Å². The first kappa shape index (κ1) is 36.2.